The van der Waals surface area contributed by atoms with E-state index < -0.39 is 23.4 Å². The maximum Gasteiger partial charge on any atom is 0.375 e. The van der Waals surface area contributed by atoms with Crippen LogP contribution in [0.15, 0.2) is 46.9 Å². The second-order valence-corrected chi connectivity index (χ2v) is 6.01. The van der Waals surface area contributed by atoms with E-state index in [1.807, 2.05) is 12.1 Å². The van der Waals surface area contributed by atoms with Crippen LogP contribution in [0, 0.1) is 17.0 Å². The van der Waals surface area contributed by atoms with Gasteiger partial charge in [-0.1, -0.05) is 29.8 Å². The van der Waals surface area contributed by atoms with Crippen LogP contribution in [0.2, 0.25) is 5.02 Å². The summed E-state index contributed by atoms with van der Waals surface area (Å²) < 4.78 is 10.4. The molecule has 0 saturated heterocycles. The summed E-state index contributed by atoms with van der Waals surface area (Å²) in [5.74, 6) is -1.47. The number of rotatable bonds is 5. The van der Waals surface area contributed by atoms with Crippen molar-refractivity contribution >= 4 is 45.8 Å². The highest BCUT2D eigenvalue weighted by atomic mass is 35.5. The molecule has 0 saturated carbocycles. The number of nitrogens with one attached hydrogen (secondary N) is 1. The molecule has 1 aromatic heterocycles. The smallest absolute Gasteiger partial charge is 0.375 e. The summed E-state index contributed by atoms with van der Waals surface area (Å²) in [5, 5.41) is 14.1. The minimum absolute atomic E-state index is 0.0115. The number of esters is 1. The number of benzene rings is 2. The fourth-order valence-corrected chi connectivity index (χ4v) is 2.64. The molecule has 0 radical (unpaired) electrons. The van der Waals surface area contributed by atoms with Gasteiger partial charge < -0.3 is 14.5 Å². The molecular weight excluding hydrogens is 376 g/mol. The molecule has 1 N–H and O–H groups in total. The molecule has 0 aliphatic rings. The lowest BCUT2D eigenvalue weighted by Crippen LogP contribution is -2.21. The SMILES string of the molecule is Cc1c(C(=O)OCC(=O)Nc2cc([N+](=O)[O-])ccc2Cl)oc2ccccc12. The lowest BCUT2D eigenvalue weighted by atomic mass is 10.1. The quantitative estimate of drug-likeness (QED) is 0.400. The van der Waals surface area contributed by atoms with Crippen LogP contribution in [0.25, 0.3) is 11.0 Å². The number of carbonyl (C=O) groups is 2. The van der Waals surface area contributed by atoms with Gasteiger partial charge in [-0.15, -0.1) is 0 Å². The minimum atomic E-state index is -0.788. The molecule has 8 nitrogen and oxygen atoms in total. The summed E-state index contributed by atoms with van der Waals surface area (Å²) in [7, 11) is 0. The van der Waals surface area contributed by atoms with Crippen molar-refractivity contribution in [3.05, 3.63) is 68.9 Å². The predicted octanol–water partition coefficient (Wildman–Crippen LogP) is 4.10. The highest BCUT2D eigenvalue weighted by Crippen LogP contribution is 2.27. The zero-order valence-corrected chi connectivity index (χ0v) is 14.8. The Labute approximate surface area is 157 Å². The molecule has 3 rings (SSSR count). The molecule has 0 aliphatic heterocycles. The van der Waals surface area contributed by atoms with Gasteiger partial charge in [-0.05, 0) is 19.1 Å². The predicted molar refractivity (Wildman–Crippen MR) is 98.0 cm³/mol. The monoisotopic (exact) mass is 388 g/mol. The molecule has 138 valence electrons. The average molecular weight is 389 g/mol. The van der Waals surface area contributed by atoms with Crippen molar-refractivity contribution in [2.75, 3.05) is 11.9 Å². The van der Waals surface area contributed by atoms with Gasteiger partial charge in [0.05, 0.1) is 15.6 Å². The number of anilines is 1. The first-order valence-electron chi connectivity index (χ1n) is 7.76. The Morgan fingerprint density at radius 3 is 2.70 bits per heavy atom. The zero-order chi connectivity index (χ0) is 19.6. The fourth-order valence-electron chi connectivity index (χ4n) is 2.47. The molecule has 0 fully saturated rings. The average Bonchev–Trinajstić information content (AvgIpc) is 2.98. The van der Waals surface area contributed by atoms with Crippen molar-refractivity contribution in [1.82, 2.24) is 0 Å². The van der Waals surface area contributed by atoms with E-state index in [1.54, 1.807) is 19.1 Å². The Morgan fingerprint density at radius 1 is 1.26 bits per heavy atom. The lowest BCUT2D eigenvalue weighted by molar-refractivity contribution is -0.384. The third kappa shape index (κ3) is 3.90. The number of fused-ring (bicyclic) bond motifs is 1. The molecule has 27 heavy (non-hydrogen) atoms. The van der Waals surface area contributed by atoms with Crippen LogP contribution in [0.3, 0.4) is 0 Å². The number of ether oxygens (including phenoxy) is 1. The van der Waals surface area contributed by atoms with Crippen LogP contribution < -0.4 is 5.32 Å². The third-order valence-corrected chi connectivity index (χ3v) is 4.13. The zero-order valence-electron chi connectivity index (χ0n) is 14.0. The first-order chi connectivity index (χ1) is 12.9. The molecule has 9 heteroatoms. The molecule has 1 amide bonds. The molecule has 0 aliphatic carbocycles. The molecule has 0 bridgehead atoms. The van der Waals surface area contributed by atoms with Gasteiger partial charge in [0.2, 0.25) is 5.76 Å². The topological polar surface area (TPSA) is 112 Å². The van der Waals surface area contributed by atoms with Crippen LogP contribution in [0.4, 0.5) is 11.4 Å². The first kappa shape index (κ1) is 18.4. The second-order valence-electron chi connectivity index (χ2n) is 5.60. The number of carbonyl (C=O) groups excluding carboxylic acids is 2. The van der Waals surface area contributed by atoms with E-state index in [9.17, 15) is 19.7 Å². The largest absolute Gasteiger partial charge is 0.450 e. The van der Waals surface area contributed by atoms with E-state index in [1.165, 1.54) is 12.1 Å². The highest BCUT2D eigenvalue weighted by molar-refractivity contribution is 6.33. The van der Waals surface area contributed by atoms with Crippen molar-refractivity contribution in [3.63, 3.8) is 0 Å². The number of aryl methyl sites for hydroxylation is 1. The first-order valence-corrected chi connectivity index (χ1v) is 8.13. The number of furan rings is 1. The van der Waals surface area contributed by atoms with E-state index in [0.717, 1.165) is 11.5 Å². The molecular formula is C18H13ClN2O6. The van der Waals surface area contributed by atoms with Crippen LogP contribution in [-0.2, 0) is 9.53 Å². The summed E-state index contributed by atoms with van der Waals surface area (Å²) >= 11 is 5.91. The number of nitro benzene ring substituents is 1. The number of hydrogen-bond acceptors (Lipinski definition) is 6. The van der Waals surface area contributed by atoms with E-state index in [-0.39, 0.29) is 22.2 Å². The van der Waals surface area contributed by atoms with Gasteiger partial charge in [0.25, 0.3) is 11.6 Å². The van der Waals surface area contributed by atoms with E-state index in [4.69, 9.17) is 20.8 Å². The Hall–Kier alpha value is -3.39. The molecule has 0 atom stereocenters. The number of non-ortho nitro benzene ring substituents is 1. The highest BCUT2D eigenvalue weighted by Gasteiger charge is 2.20. The molecule has 0 spiro atoms. The van der Waals surface area contributed by atoms with Gasteiger partial charge in [0.15, 0.2) is 6.61 Å². The standard InChI is InChI=1S/C18H13ClN2O6/c1-10-12-4-2-3-5-15(12)27-17(10)18(23)26-9-16(22)20-14-8-11(21(24)25)6-7-13(14)19/h2-8H,9H2,1H3,(H,20,22). The summed E-state index contributed by atoms with van der Waals surface area (Å²) in [6.45, 7) is 1.11. The summed E-state index contributed by atoms with van der Waals surface area (Å²) in [6.07, 6.45) is 0. The van der Waals surface area contributed by atoms with Gasteiger partial charge in [0.1, 0.15) is 5.58 Å². The number of halogens is 1. The van der Waals surface area contributed by atoms with Crippen molar-refractivity contribution in [3.8, 4) is 0 Å². The molecule has 3 aromatic rings. The van der Waals surface area contributed by atoms with E-state index in [2.05, 4.69) is 5.32 Å². The molecule has 1 heterocycles. The van der Waals surface area contributed by atoms with Gasteiger partial charge in [-0.3, -0.25) is 14.9 Å². The van der Waals surface area contributed by atoms with Crippen molar-refractivity contribution < 1.29 is 23.7 Å². The number of hydrogen-bond donors (Lipinski definition) is 1. The Bertz CT molecular complexity index is 1060. The molecule has 0 unspecified atom stereocenters. The summed E-state index contributed by atoms with van der Waals surface area (Å²) in [4.78, 5) is 34.4. The second kappa shape index (κ2) is 7.46. The van der Waals surface area contributed by atoms with Gasteiger partial charge in [-0.2, -0.15) is 0 Å². The van der Waals surface area contributed by atoms with E-state index >= 15 is 0 Å². The van der Waals surface area contributed by atoms with Crippen molar-refractivity contribution in [1.29, 1.82) is 0 Å². The van der Waals surface area contributed by atoms with Crippen LogP contribution in [-0.4, -0.2) is 23.4 Å². The summed E-state index contributed by atoms with van der Waals surface area (Å²) in [6, 6.07) is 10.7. The van der Waals surface area contributed by atoms with Gasteiger partial charge >= 0.3 is 5.97 Å². The van der Waals surface area contributed by atoms with Gasteiger partial charge in [-0.25, -0.2) is 4.79 Å². The van der Waals surface area contributed by atoms with Crippen LogP contribution in [0.5, 0.6) is 0 Å². The van der Waals surface area contributed by atoms with Crippen LogP contribution >= 0.6 is 11.6 Å². The fraction of sp³-hybridized carbons (Fsp3) is 0.111. The number of amides is 1. The van der Waals surface area contributed by atoms with Crippen molar-refractivity contribution in [2.24, 2.45) is 0 Å². The number of para-hydroxylation sites is 1. The Kier molecular flexibility index (Phi) is 5.09. The normalized spacial score (nSPS) is 10.6. The minimum Gasteiger partial charge on any atom is -0.450 e. The van der Waals surface area contributed by atoms with E-state index in [0.29, 0.717) is 11.1 Å². The Balaban J connectivity index is 1.67. The van der Waals surface area contributed by atoms with Gasteiger partial charge in [0, 0.05) is 23.1 Å². The maximum atomic E-state index is 12.2. The Morgan fingerprint density at radius 2 is 2.00 bits per heavy atom. The van der Waals surface area contributed by atoms with Crippen LogP contribution in [0.1, 0.15) is 16.1 Å². The number of nitro groups is 1. The third-order valence-electron chi connectivity index (χ3n) is 3.80. The lowest BCUT2D eigenvalue weighted by Gasteiger charge is -2.07. The summed E-state index contributed by atoms with van der Waals surface area (Å²) in [5.41, 5.74) is 0.962. The van der Waals surface area contributed by atoms with Crippen molar-refractivity contribution in [2.45, 2.75) is 6.92 Å². The number of nitrogens with zero attached hydrogens (tertiary/aromatic N) is 1. The molecule has 2 aromatic carbocycles. The maximum absolute atomic E-state index is 12.2.